The maximum atomic E-state index is 14.5. The van der Waals surface area contributed by atoms with Gasteiger partial charge in [-0.25, -0.2) is 8.42 Å². The zero-order valence-electron chi connectivity index (χ0n) is 31.3. The van der Waals surface area contributed by atoms with E-state index in [1.54, 1.807) is 42.8 Å². The van der Waals surface area contributed by atoms with Crippen LogP contribution in [0.2, 0.25) is 0 Å². The van der Waals surface area contributed by atoms with Crippen molar-refractivity contribution in [3.8, 4) is 11.5 Å². The van der Waals surface area contributed by atoms with E-state index in [1.165, 1.54) is 6.26 Å². The van der Waals surface area contributed by atoms with Crippen molar-refractivity contribution in [3.63, 3.8) is 0 Å². The lowest BCUT2D eigenvalue weighted by molar-refractivity contribution is -0.326. The van der Waals surface area contributed by atoms with Crippen LogP contribution in [-0.2, 0) is 38.4 Å². The van der Waals surface area contributed by atoms with Crippen molar-refractivity contribution < 1.29 is 46.3 Å². The molecule has 0 saturated carbocycles. The molecule has 3 aromatic rings. The van der Waals surface area contributed by atoms with Crippen LogP contribution in [0.25, 0.3) is 5.57 Å². The van der Waals surface area contributed by atoms with Crippen LogP contribution in [0.3, 0.4) is 0 Å². The van der Waals surface area contributed by atoms with E-state index in [9.17, 15) is 8.42 Å². The largest absolute Gasteiger partial charge is 0.497 e. The molecule has 0 aliphatic carbocycles. The van der Waals surface area contributed by atoms with Crippen molar-refractivity contribution in [2.75, 3.05) is 27.4 Å². The smallest absolute Gasteiger partial charge is 0.244 e. The Morgan fingerprint density at radius 3 is 2.11 bits per heavy atom. The fourth-order valence-electron chi connectivity index (χ4n) is 7.49. The highest BCUT2D eigenvalue weighted by Crippen LogP contribution is 2.47. The van der Waals surface area contributed by atoms with Crippen molar-refractivity contribution in [1.82, 2.24) is 4.31 Å². The van der Waals surface area contributed by atoms with Crippen molar-refractivity contribution in [1.29, 1.82) is 0 Å². The number of hydrogen-bond acceptors (Lipinski definition) is 10. The molecule has 6 atom stereocenters. The number of rotatable bonds is 9. The Morgan fingerprint density at radius 2 is 1.51 bits per heavy atom. The van der Waals surface area contributed by atoms with Crippen LogP contribution >= 0.6 is 0 Å². The van der Waals surface area contributed by atoms with Gasteiger partial charge in [0, 0.05) is 11.6 Å². The van der Waals surface area contributed by atoms with Crippen molar-refractivity contribution >= 4 is 15.6 Å². The Labute approximate surface area is 311 Å². The van der Waals surface area contributed by atoms with Gasteiger partial charge >= 0.3 is 0 Å². The highest BCUT2D eigenvalue weighted by Gasteiger charge is 2.64. The molecule has 3 aromatic carbocycles. The molecule has 0 bridgehead atoms. The lowest BCUT2D eigenvalue weighted by atomic mass is 9.94. The summed E-state index contributed by atoms with van der Waals surface area (Å²) in [4.78, 5) is 0.206. The van der Waals surface area contributed by atoms with Crippen molar-refractivity contribution in [3.05, 3.63) is 113 Å². The average Bonchev–Trinajstić information content (AvgIpc) is 3.76. The molecule has 0 N–H and O–H groups in total. The van der Waals surface area contributed by atoms with Crippen LogP contribution < -0.4 is 9.47 Å². The lowest BCUT2D eigenvalue weighted by Crippen LogP contribution is -2.62. The molecule has 4 aliphatic rings. The monoisotopic (exact) mass is 745 g/mol. The molecule has 3 saturated heterocycles. The standard InChI is InChI=1S/C41H47NO10S/c1-26-9-19-32(20-10-26)53(43,44)42-27(2)34(23-35(42)29-13-17-31(46-8)18-14-29)33(28-11-15-30(45-7)16-12-28)21-22-47-38-37-36(50-40(5,6)51-37)24-48-41(38)25-49-39(3,4)52-41/h9-20,22-23,27,35-38H,24-25H2,1-8H3/t21?,27-,35-,36+,37+,38-,41-/m0/s1. The first-order valence-electron chi connectivity index (χ1n) is 17.7. The van der Waals surface area contributed by atoms with Crippen LogP contribution in [-0.4, -0.2) is 81.9 Å². The lowest BCUT2D eigenvalue weighted by Gasteiger charge is -2.43. The molecule has 4 heterocycles. The summed E-state index contributed by atoms with van der Waals surface area (Å²) in [6.07, 6.45) is 1.75. The SMILES string of the molecule is COc1ccc(C(=C=CO[C@H]2[C@@H]3OC(C)(C)O[C@@H]3CO[C@]23COC(C)(C)O3)C2=C[C@@H](c3ccc(OC)cc3)N(S(=O)(=O)c3ccc(C)cc3)[C@H]2C)cc1. The summed E-state index contributed by atoms with van der Waals surface area (Å²) >= 11 is 0. The molecule has 1 spiro atoms. The molecular weight excluding hydrogens is 699 g/mol. The molecule has 0 aromatic heterocycles. The van der Waals surface area contributed by atoms with E-state index in [2.05, 4.69) is 5.73 Å². The molecule has 0 unspecified atom stereocenters. The maximum Gasteiger partial charge on any atom is 0.244 e. The third-order valence-electron chi connectivity index (χ3n) is 10.1. The third kappa shape index (κ3) is 7.18. The van der Waals surface area contributed by atoms with Gasteiger partial charge in [0.1, 0.15) is 36.6 Å². The van der Waals surface area contributed by atoms with E-state index >= 15 is 0 Å². The molecule has 0 radical (unpaired) electrons. The van der Waals surface area contributed by atoms with Gasteiger partial charge in [0.2, 0.25) is 15.8 Å². The molecule has 11 nitrogen and oxygen atoms in total. The van der Waals surface area contributed by atoms with Gasteiger partial charge in [-0.1, -0.05) is 53.8 Å². The number of sulfonamides is 1. The minimum Gasteiger partial charge on any atom is -0.497 e. The average molecular weight is 746 g/mol. The van der Waals surface area contributed by atoms with Crippen LogP contribution in [0.5, 0.6) is 11.5 Å². The summed E-state index contributed by atoms with van der Waals surface area (Å²) in [5.41, 5.74) is 7.30. The van der Waals surface area contributed by atoms with Gasteiger partial charge in [-0.05, 0) is 94.6 Å². The predicted molar refractivity (Wildman–Crippen MR) is 196 cm³/mol. The molecule has 12 heteroatoms. The normalized spacial score (nSPS) is 28.9. The molecule has 4 aliphatic heterocycles. The molecule has 0 amide bonds. The van der Waals surface area contributed by atoms with Gasteiger partial charge in [0.25, 0.3) is 0 Å². The number of methoxy groups -OCH3 is 2. The first-order chi connectivity index (χ1) is 25.1. The third-order valence-corrected chi connectivity index (χ3v) is 12.0. The van der Waals surface area contributed by atoms with Crippen LogP contribution in [0.4, 0.5) is 0 Å². The minimum atomic E-state index is -3.99. The number of nitrogens with zero attached hydrogens (tertiary/aromatic N) is 1. The summed E-state index contributed by atoms with van der Waals surface area (Å²) in [7, 11) is -0.788. The first kappa shape index (κ1) is 37.3. The summed E-state index contributed by atoms with van der Waals surface area (Å²) in [6, 6.07) is 20.6. The Kier molecular flexibility index (Phi) is 9.88. The van der Waals surface area contributed by atoms with E-state index in [-0.39, 0.29) is 18.1 Å². The van der Waals surface area contributed by atoms with Gasteiger partial charge in [-0.3, -0.25) is 0 Å². The van der Waals surface area contributed by atoms with Crippen LogP contribution in [0.15, 0.2) is 101 Å². The fourth-order valence-corrected chi connectivity index (χ4v) is 9.23. The van der Waals surface area contributed by atoms with Gasteiger partial charge in [-0.15, -0.1) is 0 Å². The Bertz CT molecular complexity index is 2020. The van der Waals surface area contributed by atoms with Gasteiger partial charge in [-0.2, -0.15) is 4.31 Å². The minimum absolute atomic E-state index is 0.123. The van der Waals surface area contributed by atoms with E-state index in [0.717, 1.165) is 22.3 Å². The number of aryl methyl sites for hydroxylation is 1. The second-order valence-corrected chi connectivity index (χ2v) is 16.5. The van der Waals surface area contributed by atoms with Crippen molar-refractivity contribution in [2.45, 2.75) is 94.2 Å². The first-order valence-corrected chi connectivity index (χ1v) is 19.1. The van der Waals surface area contributed by atoms with Crippen LogP contribution in [0, 0.1) is 6.92 Å². The van der Waals surface area contributed by atoms with Crippen LogP contribution in [0.1, 0.15) is 57.4 Å². The molecule has 7 rings (SSSR count). The quantitative estimate of drug-likeness (QED) is 0.174. The van der Waals surface area contributed by atoms with E-state index in [0.29, 0.717) is 17.1 Å². The Balaban J connectivity index is 1.34. The second-order valence-electron chi connectivity index (χ2n) is 14.6. The highest BCUT2D eigenvalue weighted by molar-refractivity contribution is 7.89. The van der Waals surface area contributed by atoms with Gasteiger partial charge in [0.15, 0.2) is 17.7 Å². The summed E-state index contributed by atoms with van der Waals surface area (Å²) in [6.45, 7) is 11.5. The zero-order chi connectivity index (χ0) is 37.8. The van der Waals surface area contributed by atoms with Crippen molar-refractivity contribution in [2.24, 2.45) is 0 Å². The maximum absolute atomic E-state index is 14.5. The Morgan fingerprint density at radius 1 is 0.868 bits per heavy atom. The van der Waals surface area contributed by atoms with E-state index in [4.69, 9.17) is 37.9 Å². The predicted octanol–water partition coefficient (Wildman–Crippen LogP) is 6.68. The van der Waals surface area contributed by atoms with E-state index in [1.807, 2.05) is 96.1 Å². The number of fused-ring (bicyclic) bond motifs is 1. The van der Waals surface area contributed by atoms with E-state index < -0.39 is 57.8 Å². The number of benzene rings is 3. The summed E-state index contributed by atoms with van der Waals surface area (Å²) < 4.78 is 79.2. The molecule has 3 fully saturated rings. The molecular formula is C41H47NO10S. The Hall–Kier alpha value is -3.97. The molecule has 282 valence electrons. The number of ether oxygens (including phenoxy) is 8. The fraction of sp³-hybridized carbons (Fsp3) is 0.439. The zero-order valence-corrected chi connectivity index (χ0v) is 32.1. The summed E-state index contributed by atoms with van der Waals surface area (Å²) in [5.74, 6) is -1.69. The second kappa shape index (κ2) is 14.0. The summed E-state index contributed by atoms with van der Waals surface area (Å²) in [5, 5.41) is 0. The highest BCUT2D eigenvalue weighted by atomic mass is 32.2. The topological polar surface area (TPSA) is 111 Å². The van der Waals surface area contributed by atoms with Gasteiger partial charge < -0.3 is 37.9 Å². The van der Waals surface area contributed by atoms with Gasteiger partial charge in [0.05, 0.1) is 31.8 Å². The molecule has 53 heavy (non-hydrogen) atoms. The number of hydrogen-bond donors (Lipinski definition) is 0.